The predicted octanol–water partition coefficient (Wildman–Crippen LogP) is 4.63. The van der Waals surface area contributed by atoms with E-state index >= 15 is 0 Å². The van der Waals surface area contributed by atoms with Gasteiger partial charge in [0.1, 0.15) is 23.8 Å². The summed E-state index contributed by atoms with van der Waals surface area (Å²) in [5.41, 5.74) is 1.78. The van der Waals surface area contributed by atoms with Crippen LogP contribution in [0.3, 0.4) is 0 Å². The Morgan fingerprint density at radius 1 is 1.21 bits per heavy atom. The Morgan fingerprint density at radius 2 is 1.97 bits per heavy atom. The molecule has 2 unspecified atom stereocenters. The van der Waals surface area contributed by atoms with Crippen molar-refractivity contribution in [2.45, 2.75) is 45.1 Å². The molecular weight excluding hydrogens is 522 g/mol. The highest BCUT2D eigenvalue weighted by atomic mass is 19.4. The van der Waals surface area contributed by atoms with Crippen LogP contribution in [0.2, 0.25) is 0 Å². The van der Waals surface area contributed by atoms with Gasteiger partial charge in [-0.3, -0.25) is 5.32 Å². The summed E-state index contributed by atoms with van der Waals surface area (Å²) in [5.74, 6) is -0.0126. The van der Waals surface area contributed by atoms with Gasteiger partial charge in [0.05, 0.1) is 17.9 Å². The zero-order valence-electron chi connectivity index (χ0n) is 21.3. The minimum absolute atomic E-state index is 0.106. The largest absolute Gasteiger partial charge is 0.573 e. The number of alkyl halides is 4. The highest BCUT2D eigenvalue weighted by molar-refractivity contribution is 5.89. The van der Waals surface area contributed by atoms with Crippen LogP contribution in [0.5, 0.6) is 11.6 Å². The average Bonchev–Trinajstić information content (AvgIpc) is 3.20. The Kier molecular flexibility index (Phi) is 8.92. The molecule has 1 saturated heterocycles. The van der Waals surface area contributed by atoms with E-state index < -0.39 is 30.4 Å². The van der Waals surface area contributed by atoms with Crippen LogP contribution in [0.25, 0.3) is 5.69 Å². The normalized spacial score (nSPS) is 17.5. The first-order chi connectivity index (χ1) is 18.6. The monoisotopic (exact) mass is 551 g/mol. The highest BCUT2D eigenvalue weighted by Gasteiger charge is 2.32. The zero-order valence-corrected chi connectivity index (χ0v) is 21.3. The number of urea groups is 1. The summed E-state index contributed by atoms with van der Waals surface area (Å²) in [6.07, 6.45) is -6.37. The van der Waals surface area contributed by atoms with Crippen molar-refractivity contribution in [1.82, 2.24) is 20.4 Å². The number of amides is 2. The third-order valence-electron chi connectivity index (χ3n) is 6.02. The molecule has 13 heteroatoms. The van der Waals surface area contributed by atoms with E-state index in [-0.39, 0.29) is 37.0 Å². The molecule has 3 aromatic rings. The van der Waals surface area contributed by atoms with Crippen LogP contribution in [0.1, 0.15) is 23.1 Å². The SMILES string of the molecule is COCc1ccc(OC(F)(F)F)c(CNC(=O)Nc2c(C)c(OC3CCNCC3F)nn2-c2ccccc2)c1. The number of aromatic nitrogens is 2. The minimum atomic E-state index is -4.90. The lowest BCUT2D eigenvalue weighted by Gasteiger charge is -2.26. The third-order valence-corrected chi connectivity index (χ3v) is 6.02. The van der Waals surface area contributed by atoms with Gasteiger partial charge in [0, 0.05) is 25.8 Å². The Labute approximate surface area is 222 Å². The fourth-order valence-corrected chi connectivity index (χ4v) is 4.14. The number of para-hydroxylation sites is 1. The van der Waals surface area contributed by atoms with E-state index in [4.69, 9.17) is 9.47 Å². The number of hydrogen-bond acceptors (Lipinski definition) is 6. The molecule has 1 aromatic heterocycles. The van der Waals surface area contributed by atoms with Crippen molar-refractivity contribution >= 4 is 11.8 Å². The maximum absolute atomic E-state index is 14.4. The summed E-state index contributed by atoms with van der Waals surface area (Å²) >= 11 is 0. The number of carbonyl (C=O) groups excluding carboxylic acids is 1. The van der Waals surface area contributed by atoms with Crippen molar-refractivity contribution in [3.63, 3.8) is 0 Å². The van der Waals surface area contributed by atoms with E-state index in [2.05, 4.69) is 25.8 Å². The van der Waals surface area contributed by atoms with Gasteiger partial charge in [-0.1, -0.05) is 24.3 Å². The molecule has 1 aliphatic rings. The number of rotatable bonds is 9. The van der Waals surface area contributed by atoms with Gasteiger partial charge in [-0.05, 0) is 49.7 Å². The molecule has 0 saturated carbocycles. The maximum Gasteiger partial charge on any atom is 0.573 e. The van der Waals surface area contributed by atoms with Crippen LogP contribution in [-0.2, 0) is 17.9 Å². The van der Waals surface area contributed by atoms with Gasteiger partial charge >= 0.3 is 12.4 Å². The van der Waals surface area contributed by atoms with Crippen LogP contribution in [0, 0.1) is 6.92 Å². The van der Waals surface area contributed by atoms with Gasteiger partial charge in [0.2, 0.25) is 5.88 Å². The Morgan fingerprint density at radius 3 is 2.67 bits per heavy atom. The van der Waals surface area contributed by atoms with Crippen molar-refractivity contribution in [3.8, 4) is 17.3 Å². The number of anilines is 1. The smallest absolute Gasteiger partial charge is 0.470 e. The second-order valence-corrected chi connectivity index (χ2v) is 8.92. The number of hydrogen-bond donors (Lipinski definition) is 3. The predicted molar refractivity (Wildman–Crippen MR) is 135 cm³/mol. The van der Waals surface area contributed by atoms with Gasteiger partial charge in [-0.15, -0.1) is 18.3 Å². The molecule has 9 nitrogen and oxygen atoms in total. The lowest BCUT2D eigenvalue weighted by molar-refractivity contribution is -0.274. The Balaban J connectivity index is 1.55. The molecule has 0 spiro atoms. The Hall–Kier alpha value is -3.84. The van der Waals surface area contributed by atoms with Crippen molar-refractivity contribution in [3.05, 3.63) is 65.2 Å². The van der Waals surface area contributed by atoms with Crippen LogP contribution in [-0.4, -0.2) is 54.6 Å². The topological polar surface area (TPSA) is 98.7 Å². The first kappa shape index (κ1) is 28.2. The molecular formula is C26H29F4N5O4. The fraction of sp³-hybridized carbons (Fsp3) is 0.385. The Bertz CT molecular complexity index is 1270. The summed E-state index contributed by atoms with van der Waals surface area (Å²) in [5, 5.41) is 12.7. The maximum atomic E-state index is 14.4. The number of carbonyl (C=O) groups is 1. The number of methoxy groups -OCH3 is 1. The van der Waals surface area contributed by atoms with Gasteiger partial charge in [0.15, 0.2) is 0 Å². The zero-order chi connectivity index (χ0) is 28.0. The summed E-state index contributed by atoms with van der Waals surface area (Å²) in [7, 11) is 1.46. The number of nitrogens with one attached hydrogen (secondary N) is 3. The molecule has 2 aromatic carbocycles. The van der Waals surface area contributed by atoms with Crippen LogP contribution in [0.4, 0.5) is 28.2 Å². The molecule has 2 amide bonds. The molecule has 1 fully saturated rings. The fourth-order valence-electron chi connectivity index (χ4n) is 4.14. The number of nitrogens with zero attached hydrogens (tertiary/aromatic N) is 2. The second-order valence-electron chi connectivity index (χ2n) is 8.92. The quantitative estimate of drug-likeness (QED) is 0.336. The van der Waals surface area contributed by atoms with Gasteiger partial charge < -0.3 is 24.8 Å². The van der Waals surface area contributed by atoms with Gasteiger partial charge in [0.25, 0.3) is 0 Å². The molecule has 4 rings (SSSR count). The number of ether oxygens (including phenoxy) is 3. The molecule has 210 valence electrons. The molecule has 2 atom stereocenters. The molecule has 1 aliphatic heterocycles. The van der Waals surface area contributed by atoms with Crippen LogP contribution < -0.4 is 25.4 Å². The van der Waals surface area contributed by atoms with Gasteiger partial charge in [-0.2, -0.15) is 0 Å². The lowest BCUT2D eigenvalue weighted by Crippen LogP contribution is -2.44. The van der Waals surface area contributed by atoms with E-state index in [9.17, 15) is 22.4 Å². The summed E-state index contributed by atoms with van der Waals surface area (Å²) < 4.78 is 69.6. The van der Waals surface area contributed by atoms with Crippen molar-refractivity contribution in [2.75, 3.05) is 25.5 Å². The number of piperidine rings is 1. The standard InChI is InChI=1S/C26H29F4N5O4/c1-16-23(33-25(36)32-13-18-12-17(15-37-2)8-9-21(18)39-26(28,29)30)35(19-6-4-3-5-7-19)34-24(16)38-22-10-11-31-14-20(22)27/h3-9,12,20,22,31H,10-11,13-15H2,1-2H3,(H2,32,33,36). The van der Waals surface area contributed by atoms with E-state index in [0.717, 1.165) is 0 Å². The lowest BCUT2D eigenvalue weighted by atomic mass is 10.1. The second kappa shape index (κ2) is 12.3. The van der Waals surface area contributed by atoms with E-state index in [0.29, 0.717) is 29.8 Å². The number of halogens is 4. The van der Waals surface area contributed by atoms with Crippen molar-refractivity contribution in [2.24, 2.45) is 0 Å². The molecule has 3 N–H and O–H groups in total. The first-order valence-electron chi connectivity index (χ1n) is 12.2. The molecule has 0 radical (unpaired) electrons. The first-order valence-corrected chi connectivity index (χ1v) is 12.2. The highest BCUT2D eigenvalue weighted by Crippen LogP contribution is 2.31. The average molecular weight is 552 g/mol. The van der Waals surface area contributed by atoms with Gasteiger partial charge in [-0.25, -0.2) is 13.9 Å². The summed E-state index contributed by atoms with van der Waals surface area (Å²) in [4.78, 5) is 12.9. The van der Waals surface area contributed by atoms with Crippen molar-refractivity contribution in [1.29, 1.82) is 0 Å². The van der Waals surface area contributed by atoms with E-state index in [1.807, 2.05) is 6.07 Å². The number of benzene rings is 2. The molecule has 0 bridgehead atoms. The minimum Gasteiger partial charge on any atom is -0.470 e. The third kappa shape index (κ3) is 7.39. The van der Waals surface area contributed by atoms with Crippen molar-refractivity contribution < 1.29 is 36.6 Å². The van der Waals surface area contributed by atoms with Crippen LogP contribution in [0.15, 0.2) is 48.5 Å². The van der Waals surface area contributed by atoms with E-state index in [1.54, 1.807) is 31.2 Å². The summed E-state index contributed by atoms with van der Waals surface area (Å²) in [6.45, 7) is 2.34. The summed E-state index contributed by atoms with van der Waals surface area (Å²) in [6, 6.07) is 12.3. The molecule has 39 heavy (non-hydrogen) atoms. The van der Waals surface area contributed by atoms with Crippen LogP contribution >= 0.6 is 0 Å². The molecule has 0 aliphatic carbocycles. The van der Waals surface area contributed by atoms with E-state index in [1.165, 1.54) is 30.0 Å². The molecule has 2 heterocycles.